The molecule has 0 saturated heterocycles. The van der Waals surface area contributed by atoms with Gasteiger partial charge in [0.2, 0.25) is 0 Å². The summed E-state index contributed by atoms with van der Waals surface area (Å²) in [7, 11) is 0. The fourth-order valence-electron chi connectivity index (χ4n) is 1.28. The summed E-state index contributed by atoms with van der Waals surface area (Å²) in [5, 5.41) is 22.1. The molecule has 1 rings (SSSR count). The van der Waals surface area contributed by atoms with Crippen LogP contribution in [0.1, 0.15) is 17.5 Å². The van der Waals surface area contributed by atoms with Crippen LogP contribution in [-0.2, 0) is 11.3 Å². The fraction of sp³-hybridized carbons (Fsp3) is 0.250. The Balaban J connectivity index is 2.33. The van der Waals surface area contributed by atoms with E-state index in [-0.39, 0.29) is 19.5 Å². The second-order valence-electron chi connectivity index (χ2n) is 3.57. The SMILES string of the molecule is N#Cc1cccc(CNC(=O)NCCC(=O)O)c1. The molecule has 2 amide bonds. The average Bonchev–Trinajstić information content (AvgIpc) is 2.36. The van der Waals surface area contributed by atoms with E-state index in [2.05, 4.69) is 10.6 Å². The van der Waals surface area contributed by atoms with Gasteiger partial charge in [-0.25, -0.2) is 4.79 Å². The summed E-state index contributed by atoms with van der Waals surface area (Å²) in [6.07, 6.45) is -0.114. The van der Waals surface area contributed by atoms with E-state index in [4.69, 9.17) is 10.4 Å². The van der Waals surface area contributed by atoms with E-state index in [1.54, 1.807) is 24.3 Å². The summed E-state index contributed by atoms with van der Waals surface area (Å²) in [5.41, 5.74) is 1.34. The first-order valence-corrected chi connectivity index (χ1v) is 5.34. The van der Waals surface area contributed by atoms with Crippen LogP contribution in [0, 0.1) is 11.3 Å². The minimum atomic E-state index is -0.961. The van der Waals surface area contributed by atoms with Gasteiger partial charge in [-0.2, -0.15) is 5.26 Å². The molecule has 0 aliphatic carbocycles. The third-order valence-electron chi connectivity index (χ3n) is 2.13. The normalized spacial score (nSPS) is 9.28. The summed E-state index contributed by atoms with van der Waals surface area (Å²) in [6.45, 7) is 0.369. The number of benzene rings is 1. The average molecular weight is 247 g/mol. The van der Waals surface area contributed by atoms with Crippen LogP contribution in [-0.4, -0.2) is 23.7 Å². The molecule has 0 aromatic heterocycles. The van der Waals surface area contributed by atoms with Gasteiger partial charge in [-0.15, -0.1) is 0 Å². The largest absolute Gasteiger partial charge is 0.481 e. The van der Waals surface area contributed by atoms with Gasteiger partial charge >= 0.3 is 12.0 Å². The number of hydrogen-bond acceptors (Lipinski definition) is 3. The number of nitriles is 1. The van der Waals surface area contributed by atoms with Gasteiger partial charge < -0.3 is 15.7 Å². The highest BCUT2D eigenvalue weighted by Gasteiger charge is 2.02. The molecule has 0 saturated carbocycles. The molecule has 6 heteroatoms. The summed E-state index contributed by atoms with van der Waals surface area (Å²) in [4.78, 5) is 21.5. The minimum Gasteiger partial charge on any atom is -0.481 e. The molecule has 0 aliphatic rings. The predicted octanol–water partition coefficient (Wildman–Crippen LogP) is 0.832. The molecular formula is C12H13N3O3. The molecule has 6 nitrogen and oxygen atoms in total. The number of hydrogen-bond donors (Lipinski definition) is 3. The number of nitrogens with zero attached hydrogens (tertiary/aromatic N) is 1. The summed E-state index contributed by atoms with van der Waals surface area (Å²) >= 11 is 0. The number of carboxylic acids is 1. The van der Waals surface area contributed by atoms with Crippen molar-refractivity contribution in [2.45, 2.75) is 13.0 Å². The second-order valence-corrected chi connectivity index (χ2v) is 3.57. The van der Waals surface area contributed by atoms with Crippen molar-refractivity contribution in [2.75, 3.05) is 6.54 Å². The quantitative estimate of drug-likeness (QED) is 0.717. The molecule has 0 fully saturated rings. The van der Waals surface area contributed by atoms with Crippen LogP contribution in [0.3, 0.4) is 0 Å². The highest BCUT2D eigenvalue weighted by Crippen LogP contribution is 2.03. The molecule has 0 heterocycles. The van der Waals surface area contributed by atoms with Crippen molar-refractivity contribution in [3.8, 4) is 6.07 Å². The van der Waals surface area contributed by atoms with E-state index in [0.717, 1.165) is 5.56 Å². The van der Waals surface area contributed by atoms with Gasteiger partial charge in [0, 0.05) is 13.1 Å². The lowest BCUT2D eigenvalue weighted by molar-refractivity contribution is -0.136. The van der Waals surface area contributed by atoms with Crippen molar-refractivity contribution < 1.29 is 14.7 Å². The first-order chi connectivity index (χ1) is 8.61. The van der Waals surface area contributed by atoms with E-state index in [0.29, 0.717) is 5.56 Å². The van der Waals surface area contributed by atoms with Crippen LogP contribution in [0.2, 0.25) is 0 Å². The number of nitrogens with one attached hydrogen (secondary N) is 2. The highest BCUT2D eigenvalue weighted by molar-refractivity contribution is 5.74. The molecule has 0 spiro atoms. The van der Waals surface area contributed by atoms with Crippen LogP contribution in [0.25, 0.3) is 0 Å². The van der Waals surface area contributed by atoms with E-state index in [1.165, 1.54) is 0 Å². The van der Waals surface area contributed by atoms with Crippen molar-refractivity contribution >= 4 is 12.0 Å². The maximum absolute atomic E-state index is 11.3. The van der Waals surface area contributed by atoms with Crippen LogP contribution >= 0.6 is 0 Å². The van der Waals surface area contributed by atoms with Crippen LogP contribution < -0.4 is 10.6 Å². The van der Waals surface area contributed by atoms with Gasteiger partial charge in [0.15, 0.2) is 0 Å². The number of carbonyl (C=O) groups excluding carboxylic acids is 1. The Morgan fingerprint density at radius 3 is 2.78 bits per heavy atom. The lowest BCUT2D eigenvalue weighted by atomic mass is 10.1. The standard InChI is InChI=1S/C12H13N3O3/c13-7-9-2-1-3-10(6-9)8-15-12(18)14-5-4-11(16)17/h1-3,6H,4-5,8H2,(H,16,17)(H2,14,15,18). The highest BCUT2D eigenvalue weighted by atomic mass is 16.4. The van der Waals surface area contributed by atoms with Gasteiger partial charge in [-0.05, 0) is 17.7 Å². The number of rotatable bonds is 5. The number of carbonyl (C=O) groups is 2. The molecule has 0 atom stereocenters. The maximum atomic E-state index is 11.3. The molecule has 0 aliphatic heterocycles. The Kier molecular flexibility index (Phi) is 5.19. The molecule has 18 heavy (non-hydrogen) atoms. The van der Waals surface area contributed by atoms with E-state index < -0.39 is 12.0 Å². The Bertz CT molecular complexity index is 480. The Morgan fingerprint density at radius 1 is 1.33 bits per heavy atom. The zero-order valence-electron chi connectivity index (χ0n) is 9.64. The minimum absolute atomic E-state index is 0.0827. The lowest BCUT2D eigenvalue weighted by Gasteiger charge is -2.06. The molecule has 1 aromatic rings. The first-order valence-electron chi connectivity index (χ1n) is 5.34. The fourth-order valence-corrected chi connectivity index (χ4v) is 1.28. The van der Waals surface area contributed by atoms with Crippen molar-refractivity contribution in [2.24, 2.45) is 0 Å². The number of carboxylic acid groups (broad SMARTS) is 1. The molecular weight excluding hydrogens is 234 g/mol. The topological polar surface area (TPSA) is 102 Å². The molecule has 0 unspecified atom stereocenters. The lowest BCUT2D eigenvalue weighted by Crippen LogP contribution is -2.36. The predicted molar refractivity (Wildman–Crippen MR) is 63.6 cm³/mol. The molecule has 94 valence electrons. The molecule has 1 aromatic carbocycles. The first kappa shape index (κ1) is 13.5. The third kappa shape index (κ3) is 4.99. The number of urea groups is 1. The third-order valence-corrected chi connectivity index (χ3v) is 2.13. The Morgan fingerprint density at radius 2 is 2.11 bits per heavy atom. The Labute approximate surface area is 104 Å². The molecule has 3 N–H and O–H groups in total. The van der Waals surface area contributed by atoms with E-state index >= 15 is 0 Å². The molecule has 0 radical (unpaired) electrons. The zero-order chi connectivity index (χ0) is 13.4. The van der Waals surface area contributed by atoms with Crippen molar-refractivity contribution in [1.29, 1.82) is 5.26 Å². The van der Waals surface area contributed by atoms with Gasteiger partial charge in [-0.3, -0.25) is 4.79 Å². The summed E-state index contributed by atoms with van der Waals surface area (Å²) < 4.78 is 0. The van der Waals surface area contributed by atoms with Crippen LogP contribution in [0.4, 0.5) is 4.79 Å². The zero-order valence-corrected chi connectivity index (χ0v) is 9.64. The van der Waals surface area contributed by atoms with E-state index in [1.807, 2.05) is 6.07 Å². The van der Waals surface area contributed by atoms with Gasteiger partial charge in [0.25, 0.3) is 0 Å². The van der Waals surface area contributed by atoms with Crippen LogP contribution in [0.15, 0.2) is 24.3 Å². The number of amides is 2. The summed E-state index contributed by atoms with van der Waals surface area (Å²) in [6, 6.07) is 8.46. The van der Waals surface area contributed by atoms with Crippen molar-refractivity contribution in [3.63, 3.8) is 0 Å². The Hall–Kier alpha value is -2.55. The van der Waals surface area contributed by atoms with Gasteiger partial charge in [0.1, 0.15) is 0 Å². The monoisotopic (exact) mass is 247 g/mol. The van der Waals surface area contributed by atoms with Gasteiger partial charge in [0.05, 0.1) is 18.1 Å². The van der Waals surface area contributed by atoms with E-state index in [9.17, 15) is 9.59 Å². The van der Waals surface area contributed by atoms with Crippen molar-refractivity contribution in [3.05, 3.63) is 35.4 Å². The maximum Gasteiger partial charge on any atom is 0.315 e. The summed E-state index contributed by atoms with van der Waals surface area (Å²) in [5.74, 6) is -0.961. The van der Waals surface area contributed by atoms with Crippen molar-refractivity contribution in [1.82, 2.24) is 10.6 Å². The number of aliphatic carboxylic acids is 1. The molecule has 0 bridgehead atoms. The smallest absolute Gasteiger partial charge is 0.315 e. The van der Waals surface area contributed by atoms with Gasteiger partial charge in [-0.1, -0.05) is 12.1 Å². The second kappa shape index (κ2) is 6.91. The van der Waals surface area contributed by atoms with Crippen LogP contribution in [0.5, 0.6) is 0 Å².